The molecule has 0 aromatic heterocycles. The molecule has 1 aliphatic rings. The van der Waals surface area contributed by atoms with Crippen LogP contribution in [0.4, 0.5) is 0 Å². The fourth-order valence-electron chi connectivity index (χ4n) is 1.80. The summed E-state index contributed by atoms with van der Waals surface area (Å²) in [5.74, 6) is 0.0691. The molecule has 0 spiro atoms. The lowest BCUT2D eigenvalue weighted by atomic mass is 10.0. The van der Waals surface area contributed by atoms with Crippen molar-refractivity contribution in [2.24, 2.45) is 11.7 Å². The molecule has 1 rings (SSSR count). The van der Waals surface area contributed by atoms with Gasteiger partial charge in [-0.25, -0.2) is 0 Å². The lowest BCUT2D eigenvalue weighted by Crippen LogP contribution is -2.34. The monoisotopic (exact) mass is 214 g/mol. The minimum atomic E-state index is -0.425. The zero-order valence-corrected chi connectivity index (χ0v) is 9.95. The fourth-order valence-corrected chi connectivity index (χ4v) is 1.80. The second-order valence-electron chi connectivity index (χ2n) is 3.60. The Morgan fingerprint density at radius 3 is 2.60 bits per heavy atom. The maximum Gasteiger partial charge on any atom is 0.237 e. The first-order valence-electron chi connectivity index (χ1n) is 5.69. The Bertz CT molecular complexity index is 217. The minimum absolute atomic E-state index is 0.0669. The van der Waals surface area contributed by atoms with E-state index in [1.807, 2.05) is 13.8 Å². The molecule has 88 valence electrons. The van der Waals surface area contributed by atoms with E-state index in [4.69, 9.17) is 5.73 Å². The second kappa shape index (κ2) is 7.26. The maximum absolute atomic E-state index is 11.3. The quantitative estimate of drug-likeness (QED) is 0.763. The molecule has 1 saturated heterocycles. The third kappa shape index (κ3) is 4.81. The molecule has 1 fully saturated rings. The van der Waals surface area contributed by atoms with Crippen molar-refractivity contribution >= 4 is 11.8 Å². The summed E-state index contributed by atoms with van der Waals surface area (Å²) in [5.41, 5.74) is 5.02. The molecule has 0 radical (unpaired) electrons. The Labute approximate surface area is 91.8 Å². The molecular formula is C11H22N2O2. The standard InChI is InChI=1S/C9H16N2O2.C2H6/c1-2-3-7-4-9(13)11(5-7)6-8(10)12;1-2/h7H,2-6H2,1H3,(H2,10,12);1-2H3. The summed E-state index contributed by atoms with van der Waals surface area (Å²) in [6, 6.07) is 0. The molecule has 2 amide bonds. The van der Waals surface area contributed by atoms with Crippen LogP contribution >= 0.6 is 0 Å². The van der Waals surface area contributed by atoms with Crippen LogP contribution in [0.1, 0.15) is 40.0 Å². The van der Waals surface area contributed by atoms with E-state index in [0.717, 1.165) is 12.8 Å². The zero-order chi connectivity index (χ0) is 11.8. The molecule has 1 aliphatic heterocycles. The Balaban J connectivity index is 0.000000921. The van der Waals surface area contributed by atoms with E-state index in [0.29, 0.717) is 18.9 Å². The van der Waals surface area contributed by atoms with Gasteiger partial charge in [0.1, 0.15) is 0 Å². The summed E-state index contributed by atoms with van der Waals surface area (Å²) < 4.78 is 0. The number of amides is 2. The van der Waals surface area contributed by atoms with E-state index in [-0.39, 0.29) is 12.5 Å². The highest BCUT2D eigenvalue weighted by Gasteiger charge is 2.29. The maximum atomic E-state index is 11.3. The van der Waals surface area contributed by atoms with E-state index in [1.54, 1.807) is 4.90 Å². The molecule has 0 bridgehead atoms. The average molecular weight is 214 g/mol. The second-order valence-corrected chi connectivity index (χ2v) is 3.60. The average Bonchev–Trinajstić information content (AvgIpc) is 2.50. The van der Waals surface area contributed by atoms with Crippen molar-refractivity contribution in [1.82, 2.24) is 4.90 Å². The summed E-state index contributed by atoms with van der Waals surface area (Å²) in [6.45, 7) is 6.88. The van der Waals surface area contributed by atoms with E-state index >= 15 is 0 Å². The zero-order valence-electron chi connectivity index (χ0n) is 9.95. The Morgan fingerprint density at radius 1 is 1.53 bits per heavy atom. The Morgan fingerprint density at radius 2 is 2.13 bits per heavy atom. The van der Waals surface area contributed by atoms with Crippen LogP contribution in [-0.2, 0) is 9.59 Å². The first-order valence-corrected chi connectivity index (χ1v) is 5.69. The Kier molecular flexibility index (Phi) is 6.75. The largest absolute Gasteiger partial charge is 0.368 e. The van der Waals surface area contributed by atoms with Gasteiger partial charge in [-0.2, -0.15) is 0 Å². The van der Waals surface area contributed by atoms with E-state index in [1.165, 1.54) is 0 Å². The summed E-state index contributed by atoms with van der Waals surface area (Å²) in [6.07, 6.45) is 2.73. The van der Waals surface area contributed by atoms with Crippen LogP contribution in [-0.4, -0.2) is 29.8 Å². The third-order valence-electron chi connectivity index (χ3n) is 2.34. The minimum Gasteiger partial charge on any atom is -0.368 e. The number of primary amides is 1. The van der Waals surface area contributed by atoms with Gasteiger partial charge in [-0.1, -0.05) is 27.2 Å². The fraction of sp³-hybridized carbons (Fsp3) is 0.818. The molecule has 4 nitrogen and oxygen atoms in total. The van der Waals surface area contributed by atoms with Gasteiger partial charge in [-0.3, -0.25) is 9.59 Å². The van der Waals surface area contributed by atoms with Gasteiger partial charge < -0.3 is 10.6 Å². The lowest BCUT2D eigenvalue weighted by Gasteiger charge is -2.13. The van der Waals surface area contributed by atoms with Crippen LogP contribution in [0, 0.1) is 5.92 Å². The summed E-state index contributed by atoms with van der Waals surface area (Å²) in [7, 11) is 0. The molecule has 0 saturated carbocycles. The van der Waals surface area contributed by atoms with Crippen LogP contribution in [0.25, 0.3) is 0 Å². The highest BCUT2D eigenvalue weighted by atomic mass is 16.2. The van der Waals surface area contributed by atoms with Gasteiger partial charge in [0.25, 0.3) is 0 Å². The van der Waals surface area contributed by atoms with E-state index < -0.39 is 5.91 Å². The van der Waals surface area contributed by atoms with Crippen molar-refractivity contribution in [2.45, 2.75) is 40.0 Å². The van der Waals surface area contributed by atoms with E-state index in [2.05, 4.69) is 6.92 Å². The number of hydrogen-bond acceptors (Lipinski definition) is 2. The molecule has 15 heavy (non-hydrogen) atoms. The lowest BCUT2D eigenvalue weighted by molar-refractivity contribution is -0.132. The smallest absolute Gasteiger partial charge is 0.237 e. The van der Waals surface area contributed by atoms with Crippen molar-refractivity contribution in [3.63, 3.8) is 0 Å². The van der Waals surface area contributed by atoms with Crippen molar-refractivity contribution in [3.05, 3.63) is 0 Å². The molecule has 0 aromatic rings. The van der Waals surface area contributed by atoms with E-state index in [9.17, 15) is 9.59 Å². The van der Waals surface area contributed by atoms with Gasteiger partial charge in [0.2, 0.25) is 11.8 Å². The number of rotatable bonds is 4. The van der Waals surface area contributed by atoms with Crippen LogP contribution in [0.5, 0.6) is 0 Å². The molecule has 1 unspecified atom stereocenters. The van der Waals surface area contributed by atoms with Gasteiger partial charge in [0, 0.05) is 13.0 Å². The third-order valence-corrected chi connectivity index (χ3v) is 2.34. The van der Waals surface area contributed by atoms with Crippen molar-refractivity contribution in [3.8, 4) is 0 Å². The molecule has 1 atom stereocenters. The normalized spacial score (nSPS) is 19.8. The first-order chi connectivity index (χ1) is 7.13. The van der Waals surface area contributed by atoms with Crippen LogP contribution in [0.15, 0.2) is 0 Å². The topological polar surface area (TPSA) is 63.4 Å². The number of likely N-dealkylation sites (tertiary alicyclic amines) is 1. The molecule has 4 heteroatoms. The SMILES string of the molecule is CC.CCCC1CC(=O)N(CC(N)=O)C1. The molecule has 1 heterocycles. The van der Waals surface area contributed by atoms with Gasteiger partial charge >= 0.3 is 0 Å². The predicted octanol–water partition coefficient (Wildman–Crippen LogP) is 1.15. The molecule has 0 aliphatic carbocycles. The van der Waals surface area contributed by atoms with Gasteiger partial charge in [0.15, 0.2) is 0 Å². The molecule has 2 N–H and O–H groups in total. The van der Waals surface area contributed by atoms with Crippen LogP contribution < -0.4 is 5.73 Å². The first kappa shape index (κ1) is 13.9. The number of carbonyl (C=O) groups excluding carboxylic acids is 2. The van der Waals surface area contributed by atoms with Crippen LogP contribution in [0.2, 0.25) is 0 Å². The summed E-state index contributed by atoms with van der Waals surface area (Å²) in [4.78, 5) is 23.5. The van der Waals surface area contributed by atoms with Crippen molar-refractivity contribution < 1.29 is 9.59 Å². The Hall–Kier alpha value is -1.06. The highest BCUT2D eigenvalue weighted by molar-refractivity contribution is 5.85. The van der Waals surface area contributed by atoms with Gasteiger partial charge in [0.05, 0.1) is 6.54 Å². The van der Waals surface area contributed by atoms with Crippen molar-refractivity contribution in [1.29, 1.82) is 0 Å². The number of hydrogen-bond donors (Lipinski definition) is 1. The summed E-state index contributed by atoms with van der Waals surface area (Å²) in [5, 5.41) is 0. The summed E-state index contributed by atoms with van der Waals surface area (Å²) >= 11 is 0. The number of nitrogens with zero attached hydrogens (tertiary/aromatic N) is 1. The van der Waals surface area contributed by atoms with Crippen molar-refractivity contribution in [2.75, 3.05) is 13.1 Å². The molecule has 0 aromatic carbocycles. The van der Waals surface area contributed by atoms with Gasteiger partial charge in [-0.15, -0.1) is 0 Å². The predicted molar refractivity (Wildman–Crippen MR) is 60.1 cm³/mol. The molecular weight excluding hydrogens is 192 g/mol. The number of nitrogens with two attached hydrogens (primary N) is 1. The van der Waals surface area contributed by atoms with Crippen LogP contribution in [0.3, 0.4) is 0 Å². The highest BCUT2D eigenvalue weighted by Crippen LogP contribution is 2.21. The number of carbonyl (C=O) groups is 2. The van der Waals surface area contributed by atoms with Gasteiger partial charge in [-0.05, 0) is 12.3 Å².